The van der Waals surface area contributed by atoms with E-state index in [9.17, 15) is 0 Å². The second-order valence-electron chi connectivity index (χ2n) is 1.47. The number of nitrogen functional groups attached to an aromatic ring is 3. The van der Waals surface area contributed by atoms with Gasteiger partial charge in [0.25, 0.3) is 0 Å². The Labute approximate surface area is 46.2 Å². The van der Waals surface area contributed by atoms with Gasteiger partial charge in [0, 0.05) is 6.07 Å². The molecule has 0 fully saturated rings. The lowest BCUT2D eigenvalue weighted by molar-refractivity contribution is 0.609. The molecule has 6 N–H and O–H groups in total. The van der Waals surface area contributed by atoms with E-state index in [0.29, 0.717) is 5.69 Å². The first-order valence-corrected chi connectivity index (χ1v) is 2.10. The minimum Gasteiger partial charge on any atom is -0.424 e. The molecule has 0 saturated carbocycles. The summed E-state index contributed by atoms with van der Waals surface area (Å²) in [5.41, 5.74) is 16.0. The molecule has 1 heterocycles. The molecule has 1 aromatic rings. The van der Waals surface area contributed by atoms with Crippen molar-refractivity contribution in [2.24, 2.45) is 0 Å². The summed E-state index contributed by atoms with van der Waals surface area (Å²) in [6, 6.07) is 1.47. The van der Waals surface area contributed by atoms with E-state index in [2.05, 4.69) is 4.42 Å². The molecule has 0 bridgehead atoms. The Morgan fingerprint density at radius 2 is 1.88 bits per heavy atom. The van der Waals surface area contributed by atoms with Crippen LogP contribution < -0.4 is 17.2 Å². The number of nitrogens with two attached hydrogens (primary N) is 3. The third-order valence-corrected chi connectivity index (χ3v) is 0.810. The molecule has 0 saturated heterocycles. The normalized spacial score (nSPS) is 9.50. The van der Waals surface area contributed by atoms with E-state index in [4.69, 9.17) is 17.2 Å². The first kappa shape index (κ1) is 4.83. The van der Waals surface area contributed by atoms with Crippen molar-refractivity contribution in [3.8, 4) is 0 Å². The lowest BCUT2D eigenvalue weighted by Crippen LogP contribution is -1.87. The van der Waals surface area contributed by atoms with Crippen molar-refractivity contribution in [3.05, 3.63) is 6.07 Å². The quantitative estimate of drug-likeness (QED) is 0.442. The van der Waals surface area contributed by atoms with Gasteiger partial charge in [-0.2, -0.15) is 0 Å². The molecule has 0 atom stereocenters. The SMILES string of the molecule is Nc1cc(N)c(N)o1. The summed E-state index contributed by atoms with van der Waals surface area (Å²) < 4.78 is 4.64. The molecule has 0 spiro atoms. The van der Waals surface area contributed by atoms with Crippen molar-refractivity contribution >= 4 is 17.5 Å². The summed E-state index contributed by atoms with van der Waals surface area (Å²) in [6.07, 6.45) is 0. The van der Waals surface area contributed by atoms with Gasteiger partial charge in [-0.1, -0.05) is 0 Å². The Hall–Kier alpha value is -1.32. The maximum absolute atomic E-state index is 5.24. The molecule has 0 unspecified atom stereocenters. The summed E-state index contributed by atoms with van der Waals surface area (Å²) in [5, 5.41) is 0. The van der Waals surface area contributed by atoms with E-state index < -0.39 is 0 Å². The fraction of sp³-hybridized carbons (Fsp3) is 0. The van der Waals surface area contributed by atoms with Crippen LogP contribution in [0.5, 0.6) is 0 Å². The minimum absolute atomic E-state index is 0.183. The molecule has 0 radical (unpaired) electrons. The Morgan fingerprint density at radius 3 is 2.00 bits per heavy atom. The number of hydrogen-bond acceptors (Lipinski definition) is 4. The second kappa shape index (κ2) is 1.33. The Kier molecular flexibility index (Phi) is 0.802. The zero-order valence-electron chi connectivity index (χ0n) is 4.22. The van der Waals surface area contributed by atoms with Gasteiger partial charge in [0.15, 0.2) is 5.88 Å². The fourth-order valence-corrected chi connectivity index (χ4v) is 0.440. The second-order valence-corrected chi connectivity index (χ2v) is 1.47. The third-order valence-electron chi connectivity index (χ3n) is 0.810. The monoisotopic (exact) mass is 113 g/mol. The van der Waals surface area contributed by atoms with Crippen LogP contribution in [-0.4, -0.2) is 0 Å². The number of hydrogen-bond donors (Lipinski definition) is 3. The van der Waals surface area contributed by atoms with Crippen molar-refractivity contribution in [2.75, 3.05) is 17.2 Å². The first-order chi connectivity index (χ1) is 3.70. The van der Waals surface area contributed by atoms with Crippen LogP contribution in [-0.2, 0) is 0 Å². The highest BCUT2D eigenvalue weighted by atomic mass is 16.4. The van der Waals surface area contributed by atoms with Crippen LogP contribution in [0.2, 0.25) is 0 Å². The van der Waals surface area contributed by atoms with Gasteiger partial charge >= 0.3 is 0 Å². The molecule has 4 nitrogen and oxygen atoms in total. The van der Waals surface area contributed by atoms with Gasteiger partial charge in [0.1, 0.15) is 0 Å². The first-order valence-electron chi connectivity index (χ1n) is 2.10. The molecular weight excluding hydrogens is 106 g/mol. The maximum atomic E-state index is 5.24. The smallest absolute Gasteiger partial charge is 0.216 e. The Balaban J connectivity index is 3.14. The molecule has 0 aromatic carbocycles. The van der Waals surface area contributed by atoms with Gasteiger partial charge in [-0.25, -0.2) is 0 Å². The largest absolute Gasteiger partial charge is 0.424 e. The van der Waals surface area contributed by atoms with E-state index in [1.165, 1.54) is 6.07 Å². The predicted molar refractivity (Wildman–Crippen MR) is 31.9 cm³/mol. The standard InChI is InChI=1S/C4H7N3O/c5-2-1-3(6)8-4(2)7/h1H,5-7H2. The van der Waals surface area contributed by atoms with Crippen molar-refractivity contribution in [2.45, 2.75) is 0 Å². The maximum Gasteiger partial charge on any atom is 0.216 e. The minimum atomic E-state index is 0.183. The summed E-state index contributed by atoms with van der Waals surface area (Å²) >= 11 is 0. The number of anilines is 3. The topological polar surface area (TPSA) is 91.2 Å². The van der Waals surface area contributed by atoms with E-state index in [0.717, 1.165) is 0 Å². The van der Waals surface area contributed by atoms with Crippen LogP contribution >= 0.6 is 0 Å². The zero-order valence-corrected chi connectivity index (χ0v) is 4.22. The molecule has 0 amide bonds. The average Bonchev–Trinajstić information content (AvgIpc) is 1.85. The van der Waals surface area contributed by atoms with Crippen molar-refractivity contribution in [1.29, 1.82) is 0 Å². The molecule has 8 heavy (non-hydrogen) atoms. The van der Waals surface area contributed by atoms with Crippen molar-refractivity contribution in [3.63, 3.8) is 0 Å². The van der Waals surface area contributed by atoms with Crippen LogP contribution in [0.1, 0.15) is 0 Å². The highest BCUT2D eigenvalue weighted by molar-refractivity contribution is 5.61. The van der Waals surface area contributed by atoms with E-state index in [1.807, 2.05) is 0 Å². The lowest BCUT2D eigenvalue weighted by atomic mass is 10.5. The lowest BCUT2D eigenvalue weighted by Gasteiger charge is -1.81. The molecule has 0 aliphatic heterocycles. The van der Waals surface area contributed by atoms with Crippen LogP contribution in [0.25, 0.3) is 0 Å². The Morgan fingerprint density at radius 1 is 1.25 bits per heavy atom. The molecule has 4 heteroatoms. The molecule has 1 rings (SSSR count). The molecule has 44 valence electrons. The number of furan rings is 1. The van der Waals surface area contributed by atoms with Gasteiger partial charge < -0.3 is 21.6 Å². The summed E-state index contributed by atoms with van der Waals surface area (Å²) in [5.74, 6) is 0.433. The third kappa shape index (κ3) is 0.556. The predicted octanol–water partition coefficient (Wildman–Crippen LogP) is 0.0262. The Bertz CT molecular complexity index is 174. The highest BCUT2D eigenvalue weighted by Gasteiger charge is 1.98. The van der Waals surface area contributed by atoms with E-state index >= 15 is 0 Å². The van der Waals surface area contributed by atoms with Crippen molar-refractivity contribution in [1.82, 2.24) is 0 Å². The van der Waals surface area contributed by atoms with Gasteiger partial charge in [-0.05, 0) is 0 Å². The van der Waals surface area contributed by atoms with Gasteiger partial charge in [-0.15, -0.1) is 0 Å². The molecule has 0 aliphatic rings. The van der Waals surface area contributed by atoms with Crippen molar-refractivity contribution < 1.29 is 4.42 Å². The zero-order chi connectivity index (χ0) is 6.15. The van der Waals surface area contributed by atoms with Crippen LogP contribution in [0, 0.1) is 0 Å². The van der Waals surface area contributed by atoms with Gasteiger partial charge in [-0.3, -0.25) is 0 Å². The van der Waals surface area contributed by atoms with Crippen LogP contribution in [0.15, 0.2) is 10.5 Å². The van der Waals surface area contributed by atoms with Crippen LogP contribution in [0.4, 0.5) is 17.5 Å². The summed E-state index contributed by atoms with van der Waals surface area (Å²) in [7, 11) is 0. The highest BCUT2D eigenvalue weighted by Crippen LogP contribution is 2.20. The molecule has 0 aliphatic carbocycles. The van der Waals surface area contributed by atoms with Crippen LogP contribution in [0.3, 0.4) is 0 Å². The molecule has 1 aromatic heterocycles. The average molecular weight is 113 g/mol. The van der Waals surface area contributed by atoms with Gasteiger partial charge in [0.05, 0.1) is 5.69 Å². The number of rotatable bonds is 0. The molecular formula is C4H7N3O. The van der Waals surface area contributed by atoms with Gasteiger partial charge in [0.2, 0.25) is 5.88 Å². The summed E-state index contributed by atoms with van der Waals surface area (Å²) in [6.45, 7) is 0. The summed E-state index contributed by atoms with van der Waals surface area (Å²) in [4.78, 5) is 0. The van der Waals surface area contributed by atoms with E-state index in [-0.39, 0.29) is 11.8 Å². The van der Waals surface area contributed by atoms with E-state index in [1.54, 1.807) is 0 Å². The fourth-order valence-electron chi connectivity index (χ4n) is 0.440.